The van der Waals surface area contributed by atoms with Crippen LogP contribution in [0.5, 0.6) is 0 Å². The average Bonchev–Trinajstić information content (AvgIpc) is 2.98. The summed E-state index contributed by atoms with van der Waals surface area (Å²) in [6.45, 7) is 0.588. The second kappa shape index (κ2) is 5.89. The van der Waals surface area contributed by atoms with E-state index in [0.29, 0.717) is 13.0 Å². The topological polar surface area (TPSA) is 49.8 Å². The van der Waals surface area contributed by atoms with Crippen LogP contribution in [0.4, 0.5) is 0 Å². The van der Waals surface area contributed by atoms with Gasteiger partial charge in [-0.05, 0) is 24.0 Å². The summed E-state index contributed by atoms with van der Waals surface area (Å²) in [5.74, 6) is 0.856. The van der Waals surface area contributed by atoms with E-state index >= 15 is 0 Å². The van der Waals surface area contributed by atoms with E-state index in [4.69, 9.17) is 4.74 Å². The van der Waals surface area contributed by atoms with Crippen molar-refractivity contribution in [3.63, 3.8) is 0 Å². The van der Waals surface area contributed by atoms with E-state index in [1.807, 2.05) is 0 Å². The highest BCUT2D eigenvalue weighted by molar-refractivity contribution is 7.80. The van der Waals surface area contributed by atoms with Crippen molar-refractivity contribution in [2.24, 2.45) is 5.41 Å². The Balaban J connectivity index is 2.30. The molecular weight excluding hydrogens is 226 g/mol. The highest BCUT2D eigenvalue weighted by Gasteiger charge is 2.43. The summed E-state index contributed by atoms with van der Waals surface area (Å²) in [6.07, 6.45) is 2.13. The number of ether oxygens (including phenoxy) is 1. The molecule has 1 amide bonds. The van der Waals surface area contributed by atoms with Crippen molar-refractivity contribution in [2.45, 2.75) is 25.4 Å². The third kappa shape index (κ3) is 3.96. The first-order valence-corrected chi connectivity index (χ1v) is 6.18. The van der Waals surface area contributed by atoms with Gasteiger partial charge in [0, 0.05) is 27.1 Å². The minimum atomic E-state index is -0.606. The molecule has 0 spiro atoms. The van der Waals surface area contributed by atoms with Crippen LogP contribution in [0.3, 0.4) is 0 Å². The Morgan fingerprint density at radius 2 is 2.25 bits per heavy atom. The van der Waals surface area contributed by atoms with E-state index in [9.17, 15) is 9.90 Å². The lowest BCUT2D eigenvalue weighted by atomic mass is 10.0. The maximum absolute atomic E-state index is 11.8. The summed E-state index contributed by atoms with van der Waals surface area (Å²) in [7, 11) is 3.25. The van der Waals surface area contributed by atoms with Gasteiger partial charge in [0.1, 0.15) is 0 Å². The smallest absolute Gasteiger partial charge is 0.222 e. The molecule has 1 fully saturated rings. The van der Waals surface area contributed by atoms with E-state index in [-0.39, 0.29) is 17.9 Å². The van der Waals surface area contributed by atoms with Gasteiger partial charge in [-0.2, -0.15) is 12.6 Å². The summed E-state index contributed by atoms with van der Waals surface area (Å²) in [5, 5.41) is 9.51. The van der Waals surface area contributed by atoms with Crippen LogP contribution in [-0.4, -0.2) is 55.1 Å². The van der Waals surface area contributed by atoms with Crippen LogP contribution < -0.4 is 0 Å². The minimum absolute atomic E-state index is 0.0849. The Hall–Kier alpha value is -0.260. The predicted octanol–water partition coefficient (Wildman–Crippen LogP) is 0.552. The first-order chi connectivity index (χ1) is 7.53. The van der Waals surface area contributed by atoms with Gasteiger partial charge in [-0.25, -0.2) is 0 Å². The summed E-state index contributed by atoms with van der Waals surface area (Å²) in [5.41, 5.74) is 0.140. The highest BCUT2D eigenvalue weighted by Crippen LogP contribution is 2.49. The Morgan fingerprint density at radius 1 is 1.62 bits per heavy atom. The molecule has 0 radical (unpaired) electrons. The van der Waals surface area contributed by atoms with Crippen molar-refractivity contribution in [2.75, 3.05) is 33.1 Å². The van der Waals surface area contributed by atoms with Gasteiger partial charge < -0.3 is 14.7 Å². The third-order valence-corrected chi connectivity index (χ3v) is 3.76. The second-order valence-electron chi connectivity index (χ2n) is 4.72. The molecule has 0 saturated heterocycles. The van der Waals surface area contributed by atoms with Gasteiger partial charge in [0.2, 0.25) is 5.91 Å². The lowest BCUT2D eigenvalue weighted by Crippen LogP contribution is -2.37. The van der Waals surface area contributed by atoms with E-state index in [0.717, 1.165) is 18.6 Å². The number of thiol groups is 1. The first-order valence-electron chi connectivity index (χ1n) is 5.55. The zero-order valence-electron chi connectivity index (χ0n) is 9.98. The summed E-state index contributed by atoms with van der Waals surface area (Å²) < 4.78 is 4.82. The molecular formula is C11H21NO3S. The van der Waals surface area contributed by atoms with Gasteiger partial charge in [0.25, 0.3) is 0 Å². The lowest BCUT2D eigenvalue weighted by Gasteiger charge is -2.22. The average molecular weight is 247 g/mol. The molecule has 1 unspecified atom stereocenters. The molecule has 1 aliphatic carbocycles. The fraction of sp³-hybridized carbons (Fsp3) is 0.909. The first kappa shape index (κ1) is 13.8. The van der Waals surface area contributed by atoms with Crippen molar-refractivity contribution in [1.82, 2.24) is 4.90 Å². The molecule has 4 nitrogen and oxygen atoms in total. The van der Waals surface area contributed by atoms with Crippen LogP contribution in [0.15, 0.2) is 0 Å². The molecule has 5 heteroatoms. The molecule has 1 saturated carbocycles. The third-order valence-electron chi connectivity index (χ3n) is 3.09. The fourth-order valence-electron chi connectivity index (χ4n) is 1.69. The number of amides is 1. The van der Waals surface area contributed by atoms with E-state index in [1.54, 1.807) is 11.9 Å². The molecule has 1 atom stereocenters. The molecule has 1 rings (SSSR count). The monoisotopic (exact) mass is 247 g/mol. The van der Waals surface area contributed by atoms with Crippen LogP contribution in [0, 0.1) is 5.41 Å². The Labute approximate surface area is 102 Å². The van der Waals surface area contributed by atoms with E-state index in [2.05, 4.69) is 12.6 Å². The van der Waals surface area contributed by atoms with Gasteiger partial charge in [0.05, 0.1) is 12.7 Å². The molecule has 16 heavy (non-hydrogen) atoms. The Bertz CT molecular complexity index is 243. The van der Waals surface area contributed by atoms with Gasteiger partial charge in [-0.3, -0.25) is 4.79 Å². The number of rotatable bonds is 7. The molecule has 0 aliphatic heterocycles. The summed E-state index contributed by atoms with van der Waals surface area (Å²) >= 11 is 4.27. The maximum Gasteiger partial charge on any atom is 0.222 e. The second-order valence-corrected chi connectivity index (χ2v) is 5.03. The van der Waals surface area contributed by atoms with Crippen LogP contribution in [0.2, 0.25) is 0 Å². The number of nitrogens with zero attached hydrogens (tertiary/aromatic N) is 1. The fourth-order valence-corrected chi connectivity index (χ4v) is 2.11. The Morgan fingerprint density at radius 3 is 2.69 bits per heavy atom. The molecule has 1 N–H and O–H groups in total. The molecule has 0 aromatic carbocycles. The van der Waals surface area contributed by atoms with Crippen molar-refractivity contribution >= 4 is 18.5 Å². The quantitative estimate of drug-likeness (QED) is 0.646. The summed E-state index contributed by atoms with van der Waals surface area (Å²) in [4.78, 5) is 13.4. The normalized spacial score (nSPS) is 19.2. The van der Waals surface area contributed by atoms with Crippen LogP contribution in [-0.2, 0) is 9.53 Å². The molecule has 1 aliphatic rings. The van der Waals surface area contributed by atoms with Crippen LogP contribution in [0.25, 0.3) is 0 Å². The van der Waals surface area contributed by atoms with Crippen LogP contribution >= 0.6 is 12.6 Å². The lowest BCUT2D eigenvalue weighted by molar-refractivity contribution is -0.132. The van der Waals surface area contributed by atoms with E-state index < -0.39 is 6.10 Å². The Kier molecular flexibility index (Phi) is 5.08. The number of aliphatic hydroxyl groups excluding tert-OH is 1. The maximum atomic E-state index is 11.8. The standard InChI is InChI=1S/C11H21NO3S/c1-12(6-9(13)7-15-2)10(14)5-11(8-16)3-4-11/h9,13,16H,3-8H2,1-2H3. The number of hydrogen-bond acceptors (Lipinski definition) is 4. The number of hydrogen-bond donors (Lipinski definition) is 2. The van der Waals surface area contributed by atoms with E-state index in [1.165, 1.54) is 7.11 Å². The zero-order valence-corrected chi connectivity index (χ0v) is 10.9. The predicted molar refractivity (Wildman–Crippen MR) is 65.7 cm³/mol. The number of carbonyl (C=O) groups is 1. The molecule has 0 aromatic rings. The van der Waals surface area contributed by atoms with Gasteiger partial charge in [-0.1, -0.05) is 0 Å². The summed E-state index contributed by atoms with van der Waals surface area (Å²) in [6, 6.07) is 0. The van der Waals surface area contributed by atoms with Crippen molar-refractivity contribution in [3.8, 4) is 0 Å². The van der Waals surface area contributed by atoms with Gasteiger partial charge in [0.15, 0.2) is 0 Å². The number of methoxy groups -OCH3 is 1. The van der Waals surface area contributed by atoms with Crippen LogP contribution in [0.1, 0.15) is 19.3 Å². The zero-order chi connectivity index (χ0) is 12.2. The van der Waals surface area contributed by atoms with Gasteiger partial charge >= 0.3 is 0 Å². The van der Waals surface area contributed by atoms with Gasteiger partial charge in [-0.15, -0.1) is 0 Å². The number of likely N-dealkylation sites (N-methyl/N-ethyl adjacent to an activating group) is 1. The number of aliphatic hydroxyl groups is 1. The molecule has 0 bridgehead atoms. The largest absolute Gasteiger partial charge is 0.389 e. The van der Waals surface area contributed by atoms with Crippen molar-refractivity contribution in [3.05, 3.63) is 0 Å². The minimum Gasteiger partial charge on any atom is -0.389 e. The molecule has 0 aromatic heterocycles. The molecule has 94 valence electrons. The van der Waals surface area contributed by atoms with Crippen molar-refractivity contribution in [1.29, 1.82) is 0 Å². The number of carbonyl (C=O) groups excluding carboxylic acids is 1. The molecule has 0 heterocycles. The highest BCUT2D eigenvalue weighted by atomic mass is 32.1. The SMILES string of the molecule is COCC(O)CN(C)C(=O)CC1(CS)CC1. The van der Waals surface area contributed by atoms with Crippen molar-refractivity contribution < 1.29 is 14.6 Å².